The molecular formula is C8H6BrFN2. The van der Waals surface area contributed by atoms with Crippen molar-refractivity contribution in [3.63, 3.8) is 0 Å². The fraction of sp³-hybridized carbons (Fsp3) is 0.125. The largest absolute Gasteiger partial charge is 0.326 e. The zero-order chi connectivity index (χ0) is 9.14. The molecule has 62 valence electrons. The van der Waals surface area contributed by atoms with Crippen molar-refractivity contribution in [2.24, 2.45) is 5.73 Å². The molecule has 0 spiro atoms. The fourth-order valence-corrected chi connectivity index (χ4v) is 1.25. The van der Waals surface area contributed by atoms with E-state index in [1.807, 2.05) is 6.07 Å². The summed E-state index contributed by atoms with van der Waals surface area (Å²) in [6.07, 6.45) is 0. The quantitative estimate of drug-likeness (QED) is 0.799. The molecule has 0 aliphatic carbocycles. The number of nitriles is 1. The SMILES string of the molecule is N#Cc1cc(F)c(Br)cc1CN. The number of rotatable bonds is 1. The van der Waals surface area contributed by atoms with Gasteiger partial charge < -0.3 is 5.73 Å². The standard InChI is InChI=1S/C8H6BrFN2/c9-7-1-5(3-11)6(4-12)2-8(7)10/h1-2H,3,11H2. The van der Waals surface area contributed by atoms with Gasteiger partial charge in [-0.3, -0.25) is 0 Å². The molecule has 1 aromatic carbocycles. The summed E-state index contributed by atoms with van der Waals surface area (Å²) in [7, 11) is 0. The summed E-state index contributed by atoms with van der Waals surface area (Å²) in [5.41, 5.74) is 6.29. The van der Waals surface area contributed by atoms with E-state index in [1.54, 1.807) is 0 Å². The van der Waals surface area contributed by atoms with Crippen LogP contribution in [0.4, 0.5) is 4.39 Å². The average Bonchev–Trinajstić information content (AvgIpc) is 2.09. The minimum atomic E-state index is -0.441. The van der Waals surface area contributed by atoms with Gasteiger partial charge in [-0.05, 0) is 33.6 Å². The van der Waals surface area contributed by atoms with Crippen LogP contribution in [0.25, 0.3) is 0 Å². The summed E-state index contributed by atoms with van der Waals surface area (Å²) in [5, 5.41) is 8.58. The topological polar surface area (TPSA) is 49.8 Å². The number of nitrogens with zero attached hydrogens (tertiary/aromatic N) is 1. The molecule has 4 heteroatoms. The Bertz CT molecular complexity index is 344. The van der Waals surface area contributed by atoms with Crippen LogP contribution in [0.15, 0.2) is 16.6 Å². The Morgan fingerprint density at radius 3 is 2.75 bits per heavy atom. The zero-order valence-corrected chi connectivity index (χ0v) is 7.73. The van der Waals surface area contributed by atoms with Gasteiger partial charge in [-0.1, -0.05) is 0 Å². The molecule has 0 heterocycles. The van der Waals surface area contributed by atoms with E-state index in [4.69, 9.17) is 11.0 Å². The zero-order valence-electron chi connectivity index (χ0n) is 6.14. The summed E-state index contributed by atoms with van der Waals surface area (Å²) in [5.74, 6) is -0.441. The summed E-state index contributed by atoms with van der Waals surface area (Å²) < 4.78 is 13.2. The monoisotopic (exact) mass is 228 g/mol. The van der Waals surface area contributed by atoms with Crippen molar-refractivity contribution in [3.05, 3.63) is 33.5 Å². The van der Waals surface area contributed by atoms with Gasteiger partial charge in [-0.2, -0.15) is 5.26 Å². The van der Waals surface area contributed by atoms with Crippen molar-refractivity contribution in [3.8, 4) is 6.07 Å². The minimum absolute atomic E-state index is 0.238. The summed E-state index contributed by atoms with van der Waals surface area (Å²) in [6, 6.07) is 4.57. The highest BCUT2D eigenvalue weighted by Crippen LogP contribution is 2.19. The van der Waals surface area contributed by atoms with E-state index < -0.39 is 5.82 Å². The van der Waals surface area contributed by atoms with Gasteiger partial charge >= 0.3 is 0 Å². The smallest absolute Gasteiger partial charge is 0.138 e. The highest BCUT2D eigenvalue weighted by atomic mass is 79.9. The summed E-state index contributed by atoms with van der Waals surface area (Å²) in [4.78, 5) is 0. The lowest BCUT2D eigenvalue weighted by Crippen LogP contribution is -2.00. The van der Waals surface area contributed by atoms with E-state index in [1.165, 1.54) is 12.1 Å². The van der Waals surface area contributed by atoms with Gasteiger partial charge in [0.2, 0.25) is 0 Å². The molecule has 0 amide bonds. The van der Waals surface area contributed by atoms with Crippen LogP contribution in [0.2, 0.25) is 0 Å². The molecule has 1 rings (SSSR count). The Hall–Kier alpha value is -0.920. The predicted molar refractivity (Wildman–Crippen MR) is 46.7 cm³/mol. The van der Waals surface area contributed by atoms with Gasteiger partial charge in [0.15, 0.2) is 0 Å². The van der Waals surface area contributed by atoms with Crippen molar-refractivity contribution >= 4 is 15.9 Å². The van der Waals surface area contributed by atoms with Crippen molar-refractivity contribution in [2.75, 3.05) is 0 Å². The molecule has 0 atom stereocenters. The first kappa shape index (κ1) is 9.17. The Kier molecular flexibility index (Phi) is 2.79. The Morgan fingerprint density at radius 2 is 2.25 bits per heavy atom. The van der Waals surface area contributed by atoms with E-state index in [9.17, 15) is 4.39 Å². The van der Waals surface area contributed by atoms with Crippen LogP contribution in [-0.2, 0) is 6.54 Å². The van der Waals surface area contributed by atoms with Crippen LogP contribution in [-0.4, -0.2) is 0 Å². The maximum atomic E-state index is 12.8. The van der Waals surface area contributed by atoms with Crippen molar-refractivity contribution in [2.45, 2.75) is 6.54 Å². The molecule has 1 aromatic rings. The van der Waals surface area contributed by atoms with Crippen molar-refractivity contribution in [1.82, 2.24) is 0 Å². The first-order chi connectivity index (χ1) is 5.69. The van der Waals surface area contributed by atoms with E-state index in [0.29, 0.717) is 15.6 Å². The molecule has 0 fully saturated rings. The minimum Gasteiger partial charge on any atom is -0.326 e. The highest BCUT2D eigenvalue weighted by molar-refractivity contribution is 9.10. The summed E-state index contributed by atoms with van der Waals surface area (Å²) >= 11 is 3.01. The average molecular weight is 229 g/mol. The molecular weight excluding hydrogens is 223 g/mol. The second kappa shape index (κ2) is 3.65. The maximum absolute atomic E-state index is 12.8. The first-order valence-electron chi connectivity index (χ1n) is 3.27. The van der Waals surface area contributed by atoms with Crippen LogP contribution < -0.4 is 5.73 Å². The molecule has 0 saturated carbocycles. The normalized spacial score (nSPS) is 9.50. The summed E-state index contributed by atoms with van der Waals surface area (Å²) in [6.45, 7) is 0.238. The van der Waals surface area contributed by atoms with Gasteiger partial charge in [0.05, 0.1) is 16.1 Å². The lowest BCUT2D eigenvalue weighted by Gasteiger charge is -2.01. The van der Waals surface area contributed by atoms with E-state index in [0.717, 1.165) is 0 Å². The second-order valence-corrected chi connectivity index (χ2v) is 3.09. The molecule has 0 aliphatic rings. The lowest BCUT2D eigenvalue weighted by atomic mass is 10.1. The van der Waals surface area contributed by atoms with Gasteiger partial charge in [0.1, 0.15) is 5.82 Å². The van der Waals surface area contributed by atoms with Gasteiger partial charge in [-0.15, -0.1) is 0 Å². The van der Waals surface area contributed by atoms with E-state index >= 15 is 0 Å². The third-order valence-corrected chi connectivity index (χ3v) is 2.09. The predicted octanol–water partition coefficient (Wildman–Crippen LogP) is 1.92. The van der Waals surface area contributed by atoms with Crippen LogP contribution in [0.1, 0.15) is 11.1 Å². The number of benzene rings is 1. The van der Waals surface area contributed by atoms with Crippen LogP contribution >= 0.6 is 15.9 Å². The second-order valence-electron chi connectivity index (χ2n) is 2.24. The van der Waals surface area contributed by atoms with Gasteiger partial charge in [0.25, 0.3) is 0 Å². The van der Waals surface area contributed by atoms with E-state index in [-0.39, 0.29) is 6.54 Å². The van der Waals surface area contributed by atoms with Gasteiger partial charge in [-0.25, -0.2) is 4.39 Å². The fourth-order valence-electron chi connectivity index (χ4n) is 0.861. The first-order valence-corrected chi connectivity index (χ1v) is 4.06. The molecule has 0 aromatic heterocycles. The molecule has 0 aliphatic heterocycles. The number of nitrogens with two attached hydrogens (primary N) is 1. The Labute approximate surface area is 77.9 Å². The van der Waals surface area contributed by atoms with Crippen LogP contribution in [0.5, 0.6) is 0 Å². The lowest BCUT2D eigenvalue weighted by molar-refractivity contribution is 0.619. The molecule has 0 saturated heterocycles. The third kappa shape index (κ3) is 1.63. The van der Waals surface area contributed by atoms with Crippen molar-refractivity contribution < 1.29 is 4.39 Å². The van der Waals surface area contributed by atoms with Gasteiger partial charge in [0, 0.05) is 6.54 Å². The molecule has 0 bridgehead atoms. The Morgan fingerprint density at radius 1 is 1.58 bits per heavy atom. The molecule has 2 nitrogen and oxygen atoms in total. The van der Waals surface area contributed by atoms with Crippen molar-refractivity contribution in [1.29, 1.82) is 5.26 Å². The van der Waals surface area contributed by atoms with Crippen LogP contribution in [0.3, 0.4) is 0 Å². The van der Waals surface area contributed by atoms with E-state index in [2.05, 4.69) is 15.9 Å². The molecule has 0 unspecified atom stereocenters. The van der Waals surface area contributed by atoms with Crippen LogP contribution in [0, 0.1) is 17.1 Å². The molecule has 2 N–H and O–H groups in total. The maximum Gasteiger partial charge on any atom is 0.138 e. The molecule has 0 radical (unpaired) electrons. The highest BCUT2D eigenvalue weighted by Gasteiger charge is 2.05. The third-order valence-electron chi connectivity index (χ3n) is 1.49. The Balaban J connectivity index is 3.31. The number of hydrogen-bond donors (Lipinski definition) is 1. The number of hydrogen-bond acceptors (Lipinski definition) is 2. The number of halogens is 2. The molecule has 12 heavy (non-hydrogen) atoms.